The van der Waals surface area contributed by atoms with Gasteiger partial charge in [0.2, 0.25) is 4.80 Å². The number of ether oxygens (including phenoxy) is 4. The van der Waals surface area contributed by atoms with E-state index in [4.69, 9.17) is 29.0 Å². The summed E-state index contributed by atoms with van der Waals surface area (Å²) in [5, 5.41) is 6.92. The van der Waals surface area contributed by atoms with Gasteiger partial charge >= 0.3 is 5.97 Å². The van der Waals surface area contributed by atoms with Crippen LogP contribution in [0.3, 0.4) is 0 Å². The molecule has 2 aliphatic carbocycles. The van der Waals surface area contributed by atoms with E-state index in [1.54, 1.807) is 44.9 Å². The Labute approximate surface area is 226 Å². The number of thiazole rings is 1. The van der Waals surface area contributed by atoms with Crippen molar-refractivity contribution in [2.75, 3.05) is 21.3 Å². The van der Waals surface area contributed by atoms with Gasteiger partial charge in [-0.3, -0.25) is 9.79 Å². The molecule has 0 aliphatic heterocycles. The molecular weight excluding hydrogens is 502 g/mol. The zero-order chi connectivity index (χ0) is 26.5. The molecule has 9 heteroatoms. The lowest BCUT2D eigenvalue weighted by atomic mass is 9.96. The first-order chi connectivity index (χ1) is 18.6. The third kappa shape index (κ3) is 5.93. The van der Waals surface area contributed by atoms with Crippen LogP contribution in [0.15, 0.2) is 51.9 Å². The Morgan fingerprint density at radius 3 is 2.42 bits per heavy atom. The van der Waals surface area contributed by atoms with Crippen LogP contribution < -0.4 is 23.7 Å². The van der Waals surface area contributed by atoms with E-state index in [-0.39, 0.29) is 11.9 Å². The number of carbonyl (C=O) groups excluding carboxylic acids is 1. The number of hydrogen-bond acceptors (Lipinski definition) is 8. The molecule has 0 bridgehead atoms. The first-order valence-electron chi connectivity index (χ1n) is 13.0. The van der Waals surface area contributed by atoms with E-state index in [1.165, 1.54) is 19.3 Å². The SMILES string of the molecule is COc1ccc(-c2csc(=NC3CCCCC3)n2N=Cc2ccc(OC(=O)C3CC3)c(OC)c2)c(OC)c1. The fourth-order valence-corrected chi connectivity index (χ4v) is 5.45. The molecule has 2 saturated carbocycles. The summed E-state index contributed by atoms with van der Waals surface area (Å²) in [6, 6.07) is 11.5. The lowest BCUT2D eigenvalue weighted by Crippen LogP contribution is -2.19. The molecule has 1 aromatic heterocycles. The average molecular weight is 536 g/mol. The first-order valence-corrected chi connectivity index (χ1v) is 13.9. The monoisotopic (exact) mass is 535 g/mol. The fourth-order valence-electron chi connectivity index (χ4n) is 4.55. The minimum absolute atomic E-state index is 0.00985. The molecule has 38 heavy (non-hydrogen) atoms. The highest BCUT2D eigenvalue weighted by Gasteiger charge is 2.32. The van der Waals surface area contributed by atoms with Gasteiger partial charge in [-0.2, -0.15) is 5.10 Å². The van der Waals surface area contributed by atoms with Crippen LogP contribution in [0, 0.1) is 5.92 Å². The summed E-state index contributed by atoms with van der Waals surface area (Å²) < 4.78 is 24.0. The molecule has 0 N–H and O–H groups in total. The number of carbonyl (C=O) groups is 1. The molecular formula is C29H33N3O5S. The molecule has 0 unspecified atom stereocenters. The largest absolute Gasteiger partial charge is 0.497 e. The lowest BCUT2D eigenvalue weighted by molar-refractivity contribution is -0.135. The van der Waals surface area contributed by atoms with E-state index in [2.05, 4.69) is 5.38 Å². The van der Waals surface area contributed by atoms with E-state index in [9.17, 15) is 4.79 Å². The third-order valence-electron chi connectivity index (χ3n) is 6.87. The zero-order valence-electron chi connectivity index (χ0n) is 22.0. The predicted molar refractivity (Wildman–Crippen MR) is 148 cm³/mol. The van der Waals surface area contributed by atoms with Crippen LogP contribution >= 0.6 is 11.3 Å². The zero-order valence-corrected chi connectivity index (χ0v) is 22.8. The number of rotatable bonds is 9. The molecule has 1 heterocycles. The Bertz CT molecular complexity index is 1380. The van der Waals surface area contributed by atoms with Crippen molar-refractivity contribution < 1.29 is 23.7 Å². The lowest BCUT2D eigenvalue weighted by Gasteiger charge is -2.17. The molecule has 2 fully saturated rings. The summed E-state index contributed by atoms with van der Waals surface area (Å²) in [5.74, 6) is 2.13. The number of benzene rings is 2. The Morgan fingerprint density at radius 2 is 1.71 bits per heavy atom. The van der Waals surface area contributed by atoms with Gasteiger partial charge in [0.1, 0.15) is 11.5 Å². The van der Waals surface area contributed by atoms with Crippen molar-refractivity contribution in [1.29, 1.82) is 0 Å². The van der Waals surface area contributed by atoms with E-state index in [0.29, 0.717) is 23.3 Å². The quantitative estimate of drug-likeness (QED) is 0.200. The molecule has 8 nitrogen and oxygen atoms in total. The number of hydrogen-bond donors (Lipinski definition) is 0. The molecule has 200 valence electrons. The maximum absolute atomic E-state index is 12.1. The summed E-state index contributed by atoms with van der Waals surface area (Å²) in [4.78, 5) is 18.1. The summed E-state index contributed by atoms with van der Waals surface area (Å²) in [7, 11) is 4.85. The van der Waals surface area contributed by atoms with Gasteiger partial charge in [-0.25, -0.2) is 4.68 Å². The van der Waals surface area contributed by atoms with Crippen LogP contribution in [0.5, 0.6) is 23.0 Å². The maximum Gasteiger partial charge on any atom is 0.314 e. The van der Waals surface area contributed by atoms with Crippen LogP contribution in [-0.4, -0.2) is 44.2 Å². The normalized spacial score (nSPS) is 16.6. The summed E-state index contributed by atoms with van der Waals surface area (Å²) in [6.45, 7) is 0. The Kier molecular flexibility index (Phi) is 8.12. The minimum atomic E-state index is -0.203. The van der Waals surface area contributed by atoms with Crippen LogP contribution in [0.25, 0.3) is 11.3 Å². The first kappa shape index (κ1) is 26.0. The van der Waals surface area contributed by atoms with Gasteiger partial charge in [0.05, 0.1) is 45.2 Å². The Hall–Kier alpha value is -3.59. The van der Waals surface area contributed by atoms with Crippen LogP contribution in [0.1, 0.15) is 50.5 Å². The van der Waals surface area contributed by atoms with Gasteiger partial charge in [-0.1, -0.05) is 19.3 Å². The topological polar surface area (TPSA) is 83.6 Å². The molecule has 2 aromatic carbocycles. The smallest absolute Gasteiger partial charge is 0.314 e. The standard InChI is InChI=1S/C29H33N3O5S/c1-34-22-12-13-23(26(16-22)35-2)24-18-38-29(31-21-7-5-4-6-8-21)32(24)30-17-19-9-14-25(27(15-19)36-3)37-28(33)20-10-11-20/h9,12-18,20-21H,4-8,10-11H2,1-3H3. The molecule has 0 atom stereocenters. The fraction of sp³-hybridized carbons (Fsp3) is 0.414. The van der Waals surface area contributed by atoms with E-state index in [0.717, 1.165) is 53.1 Å². The van der Waals surface area contributed by atoms with Crippen LogP contribution in [0.2, 0.25) is 0 Å². The van der Waals surface area contributed by atoms with Gasteiger partial charge in [-0.05, 0) is 61.6 Å². The van der Waals surface area contributed by atoms with Crippen molar-refractivity contribution in [3.63, 3.8) is 0 Å². The summed E-state index contributed by atoms with van der Waals surface area (Å²) >= 11 is 1.57. The molecule has 0 radical (unpaired) electrons. The van der Waals surface area contributed by atoms with Gasteiger partial charge in [0.25, 0.3) is 0 Å². The highest BCUT2D eigenvalue weighted by Crippen LogP contribution is 2.35. The summed E-state index contributed by atoms with van der Waals surface area (Å²) in [6.07, 6.45) is 9.43. The van der Waals surface area contributed by atoms with Crippen molar-refractivity contribution in [2.45, 2.75) is 51.0 Å². The van der Waals surface area contributed by atoms with Crippen molar-refractivity contribution >= 4 is 23.5 Å². The van der Waals surface area contributed by atoms with Crippen molar-refractivity contribution in [2.24, 2.45) is 16.0 Å². The number of esters is 1. The molecule has 2 aliphatic rings. The molecule has 5 rings (SSSR count). The minimum Gasteiger partial charge on any atom is -0.497 e. The second kappa shape index (κ2) is 11.9. The van der Waals surface area contributed by atoms with Gasteiger partial charge in [0, 0.05) is 17.0 Å². The third-order valence-corrected chi connectivity index (χ3v) is 7.70. The summed E-state index contributed by atoms with van der Waals surface area (Å²) in [5.41, 5.74) is 2.58. The van der Waals surface area contributed by atoms with Gasteiger partial charge in [0.15, 0.2) is 11.5 Å². The average Bonchev–Trinajstić information content (AvgIpc) is 3.74. The van der Waals surface area contributed by atoms with E-state index in [1.807, 2.05) is 35.0 Å². The predicted octanol–water partition coefficient (Wildman–Crippen LogP) is 5.67. The highest BCUT2D eigenvalue weighted by molar-refractivity contribution is 7.07. The van der Waals surface area contributed by atoms with Gasteiger partial charge in [-0.15, -0.1) is 11.3 Å². The van der Waals surface area contributed by atoms with Gasteiger partial charge < -0.3 is 18.9 Å². The molecule has 3 aromatic rings. The van der Waals surface area contributed by atoms with E-state index >= 15 is 0 Å². The molecule has 0 spiro atoms. The maximum atomic E-state index is 12.1. The van der Waals surface area contributed by atoms with Crippen molar-refractivity contribution in [3.8, 4) is 34.3 Å². The highest BCUT2D eigenvalue weighted by atomic mass is 32.1. The van der Waals surface area contributed by atoms with Crippen LogP contribution in [-0.2, 0) is 4.79 Å². The van der Waals surface area contributed by atoms with Crippen molar-refractivity contribution in [1.82, 2.24) is 4.68 Å². The second-order valence-electron chi connectivity index (χ2n) is 9.55. The van der Waals surface area contributed by atoms with Crippen LogP contribution in [0.4, 0.5) is 0 Å². The molecule has 0 saturated heterocycles. The number of nitrogens with zero attached hydrogens (tertiary/aromatic N) is 3. The number of methoxy groups -OCH3 is 3. The Morgan fingerprint density at radius 1 is 0.921 bits per heavy atom. The second-order valence-corrected chi connectivity index (χ2v) is 10.4. The molecule has 0 amide bonds. The van der Waals surface area contributed by atoms with Crippen molar-refractivity contribution in [3.05, 3.63) is 52.1 Å². The van der Waals surface area contributed by atoms with E-state index < -0.39 is 0 Å². The number of aromatic nitrogens is 1. The Balaban J connectivity index is 1.51.